The second-order valence-corrected chi connectivity index (χ2v) is 6.82. The van der Waals surface area contributed by atoms with Gasteiger partial charge in [-0.1, -0.05) is 90.7 Å². The molecule has 0 aromatic heterocycles. The van der Waals surface area contributed by atoms with Gasteiger partial charge in [0.2, 0.25) is 0 Å². The van der Waals surface area contributed by atoms with Crippen LogP contribution in [0.1, 0.15) is 23.1 Å². The van der Waals surface area contributed by atoms with Gasteiger partial charge in [-0.2, -0.15) is 0 Å². The first kappa shape index (κ1) is 16.4. The Bertz CT molecular complexity index is 893. The Morgan fingerprint density at radius 2 is 1.27 bits per heavy atom. The molecule has 1 nitrogen and oxygen atoms in total. The molecule has 126 valence electrons. The predicted octanol–water partition coefficient (Wildman–Crippen LogP) is 4.86. The van der Waals surface area contributed by atoms with Crippen LogP contribution in [0.5, 0.6) is 0 Å². The second-order valence-electron chi connectivity index (χ2n) is 6.82. The van der Waals surface area contributed by atoms with Crippen LogP contribution >= 0.6 is 0 Å². The average molecular weight is 336 g/mol. The molecule has 0 amide bonds. The maximum absolute atomic E-state index is 11.7. The summed E-state index contributed by atoms with van der Waals surface area (Å²) >= 11 is 0. The summed E-state index contributed by atoms with van der Waals surface area (Å²) < 4.78 is 0. The van der Waals surface area contributed by atoms with Crippen LogP contribution in [0.2, 0.25) is 0 Å². The number of carbonyl (C=O) groups excluding carboxylic acids is 1. The quantitative estimate of drug-likeness (QED) is 0.493. The van der Waals surface area contributed by atoms with Crippen molar-refractivity contribution in [3.05, 3.63) is 108 Å². The van der Waals surface area contributed by atoms with E-state index in [1.165, 1.54) is 11.1 Å². The molecular formula is C25H20O. The summed E-state index contributed by atoms with van der Waals surface area (Å²) in [6.07, 6.45) is 1.88. The van der Waals surface area contributed by atoms with Gasteiger partial charge in [0, 0.05) is 22.8 Å². The molecule has 1 aliphatic rings. The number of benzene rings is 3. The predicted molar refractivity (Wildman–Crippen MR) is 105 cm³/mol. The molecule has 0 bridgehead atoms. The Labute approximate surface area is 154 Å². The topological polar surface area (TPSA) is 17.1 Å². The fourth-order valence-electron chi connectivity index (χ4n) is 4.09. The highest BCUT2D eigenvalue weighted by Gasteiger charge is 2.55. The van der Waals surface area contributed by atoms with Crippen LogP contribution in [0.4, 0.5) is 0 Å². The Kier molecular flexibility index (Phi) is 4.42. The first-order valence-electron chi connectivity index (χ1n) is 8.97. The molecule has 0 saturated heterocycles. The zero-order valence-corrected chi connectivity index (χ0v) is 14.5. The number of aldehydes is 1. The van der Waals surface area contributed by atoms with Crippen LogP contribution in [0, 0.1) is 23.7 Å². The van der Waals surface area contributed by atoms with Crippen molar-refractivity contribution in [1.82, 2.24) is 0 Å². The van der Waals surface area contributed by atoms with E-state index in [1.54, 1.807) is 0 Å². The monoisotopic (exact) mass is 336 g/mol. The van der Waals surface area contributed by atoms with Gasteiger partial charge >= 0.3 is 0 Å². The van der Waals surface area contributed by atoms with Gasteiger partial charge < -0.3 is 4.79 Å². The molecule has 0 heterocycles. The zero-order valence-electron chi connectivity index (χ0n) is 14.5. The summed E-state index contributed by atoms with van der Waals surface area (Å²) in [5.41, 5.74) is 3.22. The largest absolute Gasteiger partial charge is 0.303 e. The smallest absolute Gasteiger partial charge is 0.124 e. The summed E-state index contributed by atoms with van der Waals surface area (Å²) in [5, 5.41) is 0. The van der Waals surface area contributed by atoms with Crippen LogP contribution < -0.4 is 0 Å². The molecule has 1 saturated carbocycles. The number of carbonyl (C=O) groups is 1. The maximum atomic E-state index is 11.7. The van der Waals surface area contributed by atoms with Gasteiger partial charge in [-0.3, -0.25) is 0 Å². The summed E-state index contributed by atoms with van der Waals surface area (Å²) in [6, 6.07) is 30.9. The molecule has 0 radical (unpaired) electrons. The van der Waals surface area contributed by atoms with E-state index in [2.05, 4.69) is 60.4 Å². The van der Waals surface area contributed by atoms with Crippen molar-refractivity contribution in [2.45, 2.75) is 11.8 Å². The number of rotatable bonds is 3. The Morgan fingerprint density at radius 1 is 0.769 bits per heavy atom. The van der Waals surface area contributed by atoms with Crippen LogP contribution in [0.25, 0.3) is 0 Å². The van der Waals surface area contributed by atoms with E-state index in [4.69, 9.17) is 0 Å². The normalized spacial score (nSPS) is 20.3. The molecule has 0 spiro atoms. The van der Waals surface area contributed by atoms with Crippen molar-refractivity contribution in [2.24, 2.45) is 11.8 Å². The lowest BCUT2D eigenvalue weighted by molar-refractivity contribution is -0.116. The summed E-state index contributed by atoms with van der Waals surface area (Å²) in [4.78, 5) is 11.7. The average Bonchev–Trinajstić information content (AvgIpc) is 2.70. The third-order valence-corrected chi connectivity index (χ3v) is 5.42. The van der Waals surface area contributed by atoms with Crippen LogP contribution in [-0.4, -0.2) is 6.29 Å². The van der Waals surface area contributed by atoms with Crippen LogP contribution in [-0.2, 0) is 10.2 Å². The third kappa shape index (κ3) is 2.74. The van der Waals surface area contributed by atoms with E-state index in [0.717, 1.165) is 18.3 Å². The van der Waals surface area contributed by atoms with E-state index in [9.17, 15) is 4.79 Å². The Morgan fingerprint density at radius 3 is 1.77 bits per heavy atom. The van der Waals surface area contributed by atoms with Crippen molar-refractivity contribution in [3.8, 4) is 11.8 Å². The SMILES string of the molecule is O=CC1CC(c2ccccc2)(c2ccccc2)C1C#Cc1ccccc1. The molecule has 3 aromatic carbocycles. The molecule has 1 fully saturated rings. The molecule has 1 aliphatic carbocycles. The third-order valence-electron chi connectivity index (χ3n) is 5.42. The van der Waals surface area contributed by atoms with Gasteiger partial charge in [0.05, 0.1) is 0 Å². The minimum absolute atomic E-state index is 0.0231. The molecule has 4 rings (SSSR count). The first-order valence-corrected chi connectivity index (χ1v) is 8.97. The Hall–Kier alpha value is -3.11. The van der Waals surface area contributed by atoms with E-state index in [-0.39, 0.29) is 17.3 Å². The van der Waals surface area contributed by atoms with Gasteiger partial charge in [0.1, 0.15) is 6.29 Å². The van der Waals surface area contributed by atoms with Crippen molar-refractivity contribution in [1.29, 1.82) is 0 Å². The minimum atomic E-state index is -0.226. The maximum Gasteiger partial charge on any atom is 0.124 e. The minimum Gasteiger partial charge on any atom is -0.303 e. The van der Waals surface area contributed by atoms with E-state index in [1.807, 2.05) is 42.5 Å². The number of hydrogen-bond acceptors (Lipinski definition) is 1. The summed E-state index contributed by atoms with van der Waals surface area (Å²) in [6.45, 7) is 0. The fraction of sp³-hybridized carbons (Fsp3) is 0.160. The van der Waals surface area contributed by atoms with Gasteiger partial charge in [-0.25, -0.2) is 0 Å². The molecule has 0 N–H and O–H groups in total. The van der Waals surface area contributed by atoms with Gasteiger partial charge in [-0.15, -0.1) is 0 Å². The van der Waals surface area contributed by atoms with Gasteiger partial charge in [0.25, 0.3) is 0 Å². The summed E-state index contributed by atoms with van der Waals surface area (Å²) in [5.74, 6) is 6.68. The van der Waals surface area contributed by atoms with Crippen molar-refractivity contribution >= 4 is 6.29 Å². The van der Waals surface area contributed by atoms with Crippen molar-refractivity contribution in [3.63, 3.8) is 0 Å². The van der Waals surface area contributed by atoms with E-state index in [0.29, 0.717) is 0 Å². The van der Waals surface area contributed by atoms with Crippen LogP contribution in [0.3, 0.4) is 0 Å². The molecule has 1 heteroatoms. The van der Waals surface area contributed by atoms with E-state index < -0.39 is 0 Å². The highest BCUT2D eigenvalue weighted by molar-refractivity contribution is 5.63. The highest BCUT2D eigenvalue weighted by Crippen LogP contribution is 2.55. The standard InChI is InChI=1S/C25H20O/c26-19-21-18-25(22-12-6-2-7-13-22,23-14-8-3-9-15-23)24(21)17-16-20-10-4-1-5-11-20/h1-15,19,21,24H,18H2. The van der Waals surface area contributed by atoms with E-state index >= 15 is 0 Å². The van der Waals surface area contributed by atoms with Gasteiger partial charge in [-0.05, 0) is 29.7 Å². The highest BCUT2D eigenvalue weighted by atomic mass is 16.1. The first-order chi connectivity index (χ1) is 12.8. The molecule has 2 atom stereocenters. The lowest BCUT2D eigenvalue weighted by atomic mass is 9.49. The van der Waals surface area contributed by atoms with Crippen LogP contribution in [0.15, 0.2) is 91.0 Å². The molecule has 0 aliphatic heterocycles. The molecule has 26 heavy (non-hydrogen) atoms. The lowest BCUT2D eigenvalue weighted by Gasteiger charge is -2.52. The molecule has 2 unspecified atom stereocenters. The lowest BCUT2D eigenvalue weighted by Crippen LogP contribution is -2.52. The molecular weight excluding hydrogens is 316 g/mol. The van der Waals surface area contributed by atoms with Crippen molar-refractivity contribution in [2.75, 3.05) is 0 Å². The Balaban J connectivity index is 1.83. The zero-order chi connectivity index (χ0) is 17.8. The summed E-state index contributed by atoms with van der Waals surface area (Å²) in [7, 11) is 0. The second kappa shape index (κ2) is 7.02. The van der Waals surface area contributed by atoms with Gasteiger partial charge in [0.15, 0.2) is 0 Å². The fourth-order valence-corrected chi connectivity index (χ4v) is 4.09. The molecule has 3 aromatic rings. The van der Waals surface area contributed by atoms with Crippen molar-refractivity contribution < 1.29 is 4.79 Å². The number of hydrogen-bond donors (Lipinski definition) is 0.